The Kier molecular flexibility index (Phi) is 5.74. The molecule has 0 saturated heterocycles. The molecule has 3 aromatic rings. The van der Waals surface area contributed by atoms with Gasteiger partial charge in [0, 0.05) is 11.4 Å². The molecule has 0 unspecified atom stereocenters. The number of fused-ring (bicyclic) bond motifs is 1. The van der Waals surface area contributed by atoms with Crippen molar-refractivity contribution in [3.63, 3.8) is 0 Å². The van der Waals surface area contributed by atoms with E-state index in [0.717, 1.165) is 29.8 Å². The Morgan fingerprint density at radius 1 is 1.17 bits per heavy atom. The molecule has 1 aliphatic heterocycles. The molecule has 0 bridgehead atoms. The normalized spacial score (nSPS) is 15.3. The Morgan fingerprint density at radius 2 is 1.93 bits per heavy atom. The average Bonchev–Trinajstić information content (AvgIpc) is 3.22. The fourth-order valence-electron chi connectivity index (χ4n) is 3.42. The summed E-state index contributed by atoms with van der Waals surface area (Å²) < 4.78 is 7.39. The van der Waals surface area contributed by atoms with Crippen LogP contribution in [0, 0.1) is 0 Å². The van der Waals surface area contributed by atoms with Gasteiger partial charge in [-0.15, -0.1) is 0 Å². The van der Waals surface area contributed by atoms with Gasteiger partial charge in [-0.05, 0) is 53.6 Å². The first kappa shape index (κ1) is 19.6. The number of para-hydroxylation sites is 1. The zero-order valence-electron chi connectivity index (χ0n) is 17.0. The Labute approximate surface area is 174 Å². The first-order chi connectivity index (χ1) is 14.7. The fraction of sp³-hybridized carbons (Fsp3) is 0.273. The summed E-state index contributed by atoms with van der Waals surface area (Å²) in [6.45, 7) is 4.67. The zero-order valence-corrected chi connectivity index (χ0v) is 17.0. The van der Waals surface area contributed by atoms with Gasteiger partial charge in [0.05, 0.1) is 12.2 Å². The van der Waals surface area contributed by atoms with Gasteiger partial charge in [-0.25, -0.2) is 0 Å². The lowest BCUT2D eigenvalue weighted by Gasteiger charge is -2.28. The minimum Gasteiger partial charge on any atom is -0.494 e. The van der Waals surface area contributed by atoms with Crippen molar-refractivity contribution in [3.8, 4) is 5.75 Å². The number of hydrogen-bond donors (Lipinski definition) is 2. The predicted molar refractivity (Wildman–Crippen MR) is 114 cm³/mol. The lowest BCUT2D eigenvalue weighted by molar-refractivity contribution is -0.113. The van der Waals surface area contributed by atoms with Crippen molar-refractivity contribution in [1.29, 1.82) is 0 Å². The topological polar surface area (TPSA) is 94.0 Å². The molecule has 1 atom stereocenters. The van der Waals surface area contributed by atoms with Crippen molar-refractivity contribution in [3.05, 3.63) is 71.4 Å². The van der Waals surface area contributed by atoms with E-state index in [-0.39, 0.29) is 5.91 Å². The van der Waals surface area contributed by atoms with Gasteiger partial charge in [0.2, 0.25) is 5.95 Å². The Bertz CT molecular complexity index is 1040. The molecule has 1 aliphatic rings. The van der Waals surface area contributed by atoms with Gasteiger partial charge in [0.25, 0.3) is 5.91 Å². The molecule has 0 spiro atoms. The third kappa shape index (κ3) is 4.03. The number of tetrazole rings is 1. The summed E-state index contributed by atoms with van der Waals surface area (Å²) in [6, 6.07) is 16.6. The molecular formula is C22H24N6O2. The lowest BCUT2D eigenvalue weighted by atomic mass is 9.95. The average molecular weight is 404 g/mol. The number of allylic oxidation sites excluding steroid dienone is 1. The summed E-state index contributed by atoms with van der Waals surface area (Å²) in [4.78, 5) is 13.2. The van der Waals surface area contributed by atoms with Gasteiger partial charge < -0.3 is 15.4 Å². The minimum atomic E-state index is -0.454. The predicted octanol–water partition coefficient (Wildman–Crippen LogP) is 3.78. The van der Waals surface area contributed by atoms with Crippen LogP contribution in [0.2, 0.25) is 0 Å². The quantitative estimate of drug-likeness (QED) is 0.582. The van der Waals surface area contributed by atoms with Gasteiger partial charge in [-0.2, -0.15) is 4.68 Å². The van der Waals surface area contributed by atoms with Crippen LogP contribution in [0.4, 0.5) is 11.6 Å². The number of ether oxygens (including phenoxy) is 1. The number of unbranched alkanes of at least 4 members (excludes halogenated alkanes) is 1. The molecule has 1 aromatic heterocycles. The number of carbonyl (C=O) groups excluding carboxylic acids is 1. The second kappa shape index (κ2) is 8.77. The summed E-state index contributed by atoms with van der Waals surface area (Å²) in [5, 5.41) is 18.0. The number of hydrogen-bond acceptors (Lipinski definition) is 6. The van der Waals surface area contributed by atoms with Gasteiger partial charge in [-0.3, -0.25) is 4.79 Å². The molecule has 154 valence electrons. The van der Waals surface area contributed by atoms with E-state index in [1.807, 2.05) is 61.5 Å². The Balaban J connectivity index is 1.65. The van der Waals surface area contributed by atoms with E-state index >= 15 is 0 Å². The second-order valence-corrected chi connectivity index (χ2v) is 7.10. The number of rotatable bonds is 7. The van der Waals surface area contributed by atoms with Crippen molar-refractivity contribution in [2.45, 2.75) is 32.7 Å². The molecule has 2 N–H and O–H groups in total. The molecule has 8 nitrogen and oxygen atoms in total. The van der Waals surface area contributed by atoms with Crippen molar-refractivity contribution in [1.82, 2.24) is 20.2 Å². The number of amides is 1. The number of benzene rings is 2. The largest absolute Gasteiger partial charge is 0.494 e. The van der Waals surface area contributed by atoms with Gasteiger partial charge in [-0.1, -0.05) is 48.8 Å². The van der Waals surface area contributed by atoms with E-state index in [1.54, 1.807) is 4.68 Å². The molecule has 0 fully saturated rings. The van der Waals surface area contributed by atoms with Crippen LogP contribution in [0.3, 0.4) is 0 Å². The van der Waals surface area contributed by atoms with Crippen LogP contribution in [-0.2, 0) is 4.79 Å². The van der Waals surface area contributed by atoms with Crippen molar-refractivity contribution in [2.24, 2.45) is 0 Å². The first-order valence-corrected chi connectivity index (χ1v) is 10.0. The maximum atomic E-state index is 13.2. The van der Waals surface area contributed by atoms with E-state index in [9.17, 15) is 4.79 Å². The lowest BCUT2D eigenvalue weighted by Crippen LogP contribution is -2.31. The van der Waals surface area contributed by atoms with Gasteiger partial charge in [0.15, 0.2) is 0 Å². The molecular weight excluding hydrogens is 380 g/mol. The highest BCUT2D eigenvalue weighted by Crippen LogP contribution is 2.35. The molecule has 1 amide bonds. The molecule has 2 heterocycles. The summed E-state index contributed by atoms with van der Waals surface area (Å²) in [7, 11) is 0. The van der Waals surface area contributed by atoms with E-state index in [2.05, 4.69) is 33.1 Å². The first-order valence-electron chi connectivity index (χ1n) is 10.0. The number of aromatic nitrogens is 4. The molecule has 8 heteroatoms. The van der Waals surface area contributed by atoms with E-state index in [4.69, 9.17) is 4.74 Å². The minimum absolute atomic E-state index is 0.208. The molecule has 2 aromatic carbocycles. The second-order valence-electron chi connectivity index (χ2n) is 7.10. The van der Waals surface area contributed by atoms with Crippen LogP contribution < -0.4 is 15.4 Å². The summed E-state index contributed by atoms with van der Waals surface area (Å²) in [5.41, 5.74) is 2.88. The third-order valence-corrected chi connectivity index (χ3v) is 4.95. The maximum Gasteiger partial charge on any atom is 0.255 e. The van der Waals surface area contributed by atoms with Crippen LogP contribution in [0.1, 0.15) is 38.3 Å². The van der Waals surface area contributed by atoms with Crippen molar-refractivity contribution in [2.75, 3.05) is 17.2 Å². The molecule has 0 radical (unpaired) electrons. The van der Waals surface area contributed by atoms with Crippen LogP contribution in [0.5, 0.6) is 5.75 Å². The molecule has 0 saturated carbocycles. The highest BCUT2D eigenvalue weighted by atomic mass is 16.5. The molecule has 30 heavy (non-hydrogen) atoms. The van der Waals surface area contributed by atoms with Gasteiger partial charge in [0.1, 0.15) is 11.8 Å². The third-order valence-electron chi connectivity index (χ3n) is 4.95. The van der Waals surface area contributed by atoms with Crippen LogP contribution >= 0.6 is 0 Å². The van der Waals surface area contributed by atoms with Crippen LogP contribution in [0.15, 0.2) is 65.9 Å². The van der Waals surface area contributed by atoms with E-state index in [1.165, 1.54) is 0 Å². The Morgan fingerprint density at radius 3 is 2.67 bits per heavy atom. The summed E-state index contributed by atoms with van der Waals surface area (Å²) in [5.74, 6) is 1.09. The van der Waals surface area contributed by atoms with E-state index < -0.39 is 6.04 Å². The number of carbonyl (C=O) groups is 1. The van der Waals surface area contributed by atoms with Crippen LogP contribution in [-0.4, -0.2) is 32.7 Å². The summed E-state index contributed by atoms with van der Waals surface area (Å²) >= 11 is 0. The van der Waals surface area contributed by atoms with Gasteiger partial charge >= 0.3 is 0 Å². The monoisotopic (exact) mass is 404 g/mol. The van der Waals surface area contributed by atoms with E-state index in [0.29, 0.717) is 23.8 Å². The standard InChI is InChI=1S/C22H24N6O2/c1-3-4-14-30-18-12-10-16(11-13-18)20-19(15(2)23-22-25-26-27-28(20)22)21(29)24-17-8-6-5-7-9-17/h5-13,20H,3-4,14H2,1-2H3,(H,24,29)(H,23,25,27)/t20-/m1/s1. The molecule has 0 aliphatic carbocycles. The smallest absolute Gasteiger partial charge is 0.255 e. The maximum absolute atomic E-state index is 13.2. The highest BCUT2D eigenvalue weighted by molar-refractivity contribution is 6.05. The highest BCUT2D eigenvalue weighted by Gasteiger charge is 2.34. The number of nitrogens with zero attached hydrogens (tertiary/aromatic N) is 4. The number of nitrogens with one attached hydrogen (secondary N) is 2. The summed E-state index contributed by atoms with van der Waals surface area (Å²) in [6.07, 6.45) is 2.09. The fourth-order valence-corrected chi connectivity index (χ4v) is 3.42. The van der Waals surface area contributed by atoms with Crippen molar-refractivity contribution < 1.29 is 9.53 Å². The Hall–Kier alpha value is -3.68. The number of anilines is 2. The van der Waals surface area contributed by atoms with Crippen molar-refractivity contribution >= 4 is 17.5 Å². The molecule has 4 rings (SSSR count). The SMILES string of the molecule is CCCCOc1ccc([C@@H]2C(C(=O)Nc3ccccc3)=C(C)Nc3nnnn32)cc1. The zero-order chi connectivity index (χ0) is 20.9. The van der Waals surface area contributed by atoms with Crippen LogP contribution in [0.25, 0.3) is 0 Å².